The predicted octanol–water partition coefficient (Wildman–Crippen LogP) is 4.29. The molecule has 28 heavy (non-hydrogen) atoms. The van der Waals surface area contributed by atoms with E-state index in [2.05, 4.69) is 10.4 Å². The summed E-state index contributed by atoms with van der Waals surface area (Å²) in [5.74, 6) is -0.0116. The lowest BCUT2D eigenvalue weighted by molar-refractivity contribution is -0.141. The second-order valence-electron chi connectivity index (χ2n) is 7.11. The van der Waals surface area contributed by atoms with Crippen LogP contribution in [0.3, 0.4) is 0 Å². The summed E-state index contributed by atoms with van der Waals surface area (Å²) in [6, 6.07) is 14.8. The third-order valence-electron chi connectivity index (χ3n) is 4.97. The quantitative estimate of drug-likeness (QED) is 0.686. The van der Waals surface area contributed by atoms with E-state index in [9.17, 15) is 18.0 Å². The van der Waals surface area contributed by atoms with Gasteiger partial charge in [-0.05, 0) is 35.2 Å². The highest BCUT2D eigenvalue weighted by molar-refractivity contribution is 5.90. The average molecular weight is 387 g/mol. The van der Waals surface area contributed by atoms with Gasteiger partial charge >= 0.3 is 6.18 Å². The molecule has 2 aromatic carbocycles. The summed E-state index contributed by atoms with van der Waals surface area (Å²) < 4.78 is 40.2. The molecule has 1 aliphatic rings. The van der Waals surface area contributed by atoms with Crippen LogP contribution in [-0.2, 0) is 23.9 Å². The number of rotatable bonds is 6. The van der Waals surface area contributed by atoms with Crippen molar-refractivity contribution in [3.63, 3.8) is 0 Å². The monoisotopic (exact) mass is 387 g/mol. The van der Waals surface area contributed by atoms with Gasteiger partial charge in [-0.1, -0.05) is 42.5 Å². The summed E-state index contributed by atoms with van der Waals surface area (Å²) in [6.45, 7) is 0.464. The van der Waals surface area contributed by atoms with Crippen molar-refractivity contribution in [2.75, 3.05) is 6.54 Å². The lowest BCUT2D eigenvalue weighted by Gasteiger charge is -2.10. The first-order chi connectivity index (χ1) is 13.4. The van der Waals surface area contributed by atoms with E-state index >= 15 is 0 Å². The number of nitrogens with zero attached hydrogens (tertiary/aromatic N) is 2. The number of nitrogens with one attached hydrogen (secondary N) is 1. The third kappa shape index (κ3) is 4.03. The SMILES string of the molecule is O=C(Cc1cccc2ccccc12)NCCn1nc(C(F)(F)F)cc1C1CC1. The van der Waals surface area contributed by atoms with Crippen LogP contribution in [0.2, 0.25) is 0 Å². The summed E-state index contributed by atoms with van der Waals surface area (Å²) in [5.41, 5.74) is 0.667. The van der Waals surface area contributed by atoms with Gasteiger partial charge in [-0.2, -0.15) is 18.3 Å². The van der Waals surface area contributed by atoms with Crippen LogP contribution in [-0.4, -0.2) is 22.2 Å². The third-order valence-corrected chi connectivity index (χ3v) is 4.97. The van der Waals surface area contributed by atoms with Crippen molar-refractivity contribution in [3.8, 4) is 0 Å². The van der Waals surface area contributed by atoms with Crippen molar-refractivity contribution < 1.29 is 18.0 Å². The molecule has 7 heteroatoms. The predicted molar refractivity (Wildman–Crippen MR) is 99.9 cm³/mol. The first kappa shape index (κ1) is 18.5. The molecule has 0 bridgehead atoms. The molecule has 4 nitrogen and oxygen atoms in total. The summed E-state index contributed by atoms with van der Waals surface area (Å²) in [6.07, 6.45) is -2.46. The van der Waals surface area contributed by atoms with Crippen LogP contribution >= 0.6 is 0 Å². The highest BCUT2D eigenvalue weighted by Gasteiger charge is 2.37. The largest absolute Gasteiger partial charge is 0.435 e. The molecule has 0 radical (unpaired) electrons. The summed E-state index contributed by atoms with van der Waals surface area (Å²) in [5, 5.41) is 8.60. The molecule has 1 aliphatic carbocycles. The van der Waals surface area contributed by atoms with Crippen molar-refractivity contribution in [1.82, 2.24) is 15.1 Å². The van der Waals surface area contributed by atoms with E-state index in [1.165, 1.54) is 4.68 Å². The van der Waals surface area contributed by atoms with Crippen molar-refractivity contribution in [3.05, 3.63) is 65.5 Å². The summed E-state index contributed by atoms with van der Waals surface area (Å²) >= 11 is 0. The number of amides is 1. The van der Waals surface area contributed by atoms with Gasteiger partial charge in [0, 0.05) is 18.2 Å². The second-order valence-corrected chi connectivity index (χ2v) is 7.11. The molecule has 1 saturated carbocycles. The zero-order chi connectivity index (χ0) is 19.7. The van der Waals surface area contributed by atoms with E-state index in [1.54, 1.807) is 0 Å². The Morgan fingerprint density at radius 2 is 1.89 bits per heavy atom. The number of fused-ring (bicyclic) bond motifs is 1. The number of carbonyl (C=O) groups excluding carboxylic acids is 1. The highest BCUT2D eigenvalue weighted by atomic mass is 19.4. The second kappa shape index (κ2) is 7.30. The molecule has 0 atom stereocenters. The molecule has 1 amide bonds. The molecule has 0 saturated heterocycles. The zero-order valence-corrected chi connectivity index (χ0v) is 15.2. The average Bonchev–Trinajstić information content (AvgIpc) is 3.41. The van der Waals surface area contributed by atoms with Gasteiger partial charge in [0.25, 0.3) is 0 Å². The Bertz CT molecular complexity index is 1000. The highest BCUT2D eigenvalue weighted by Crippen LogP contribution is 2.42. The van der Waals surface area contributed by atoms with Crippen molar-refractivity contribution in [2.45, 2.75) is 37.9 Å². The first-order valence-corrected chi connectivity index (χ1v) is 9.30. The number of alkyl halides is 3. The molecular formula is C21H20F3N3O. The molecule has 3 aromatic rings. The number of carbonyl (C=O) groups is 1. The number of hydrogen-bond acceptors (Lipinski definition) is 2. The fraction of sp³-hybridized carbons (Fsp3) is 0.333. The Morgan fingerprint density at radius 1 is 1.14 bits per heavy atom. The fourth-order valence-corrected chi connectivity index (χ4v) is 3.44. The minimum absolute atomic E-state index is 0.148. The van der Waals surface area contributed by atoms with Gasteiger partial charge in [0.1, 0.15) is 0 Å². The van der Waals surface area contributed by atoms with Gasteiger partial charge in [0.05, 0.1) is 13.0 Å². The van der Waals surface area contributed by atoms with Gasteiger partial charge in [-0.3, -0.25) is 9.48 Å². The Morgan fingerprint density at radius 3 is 2.64 bits per heavy atom. The maximum atomic E-state index is 12.9. The number of hydrogen-bond donors (Lipinski definition) is 1. The van der Waals surface area contributed by atoms with E-state index in [4.69, 9.17) is 0 Å². The Hall–Kier alpha value is -2.83. The van der Waals surface area contributed by atoms with Crippen LogP contribution in [0.4, 0.5) is 13.2 Å². The maximum Gasteiger partial charge on any atom is 0.435 e. The van der Waals surface area contributed by atoms with Gasteiger partial charge in [-0.15, -0.1) is 0 Å². The van der Waals surface area contributed by atoms with Gasteiger partial charge < -0.3 is 5.32 Å². The van der Waals surface area contributed by atoms with E-state index in [-0.39, 0.29) is 31.3 Å². The standard InChI is InChI=1S/C21H20F3N3O/c22-21(23,24)19-13-18(15-8-9-15)27(26-19)11-10-25-20(28)12-16-6-3-5-14-4-1-2-7-17(14)16/h1-7,13,15H,8-12H2,(H,25,28). The van der Waals surface area contributed by atoms with Crippen molar-refractivity contribution in [2.24, 2.45) is 0 Å². The van der Waals surface area contributed by atoms with Gasteiger partial charge in [0.2, 0.25) is 5.91 Å². The maximum absolute atomic E-state index is 12.9. The van der Waals surface area contributed by atoms with Crippen LogP contribution in [0.25, 0.3) is 10.8 Å². The molecular weight excluding hydrogens is 367 g/mol. The molecule has 1 heterocycles. The summed E-state index contributed by atoms with van der Waals surface area (Å²) in [7, 11) is 0. The topological polar surface area (TPSA) is 46.9 Å². The number of benzene rings is 2. The molecule has 146 valence electrons. The Kier molecular flexibility index (Phi) is 4.83. The summed E-state index contributed by atoms with van der Waals surface area (Å²) in [4.78, 5) is 12.3. The fourth-order valence-electron chi connectivity index (χ4n) is 3.44. The van der Waals surface area contributed by atoms with E-state index in [0.29, 0.717) is 5.69 Å². The lowest BCUT2D eigenvalue weighted by Crippen LogP contribution is -2.29. The smallest absolute Gasteiger partial charge is 0.354 e. The van der Waals surface area contributed by atoms with E-state index in [1.807, 2.05) is 42.5 Å². The first-order valence-electron chi connectivity index (χ1n) is 9.30. The van der Waals surface area contributed by atoms with Crippen LogP contribution < -0.4 is 5.32 Å². The van der Waals surface area contributed by atoms with Crippen molar-refractivity contribution >= 4 is 16.7 Å². The molecule has 4 rings (SSSR count). The number of aromatic nitrogens is 2. The Balaban J connectivity index is 1.39. The molecule has 1 N–H and O–H groups in total. The van der Waals surface area contributed by atoms with Crippen molar-refractivity contribution in [1.29, 1.82) is 0 Å². The molecule has 0 unspecified atom stereocenters. The number of halogens is 3. The molecule has 1 fully saturated rings. The normalized spacial score (nSPS) is 14.4. The van der Waals surface area contributed by atoms with Crippen LogP contribution in [0.5, 0.6) is 0 Å². The molecule has 1 aromatic heterocycles. The molecule has 0 spiro atoms. The Labute approximate surface area is 160 Å². The van der Waals surface area contributed by atoms with E-state index < -0.39 is 11.9 Å². The minimum Gasteiger partial charge on any atom is -0.354 e. The lowest BCUT2D eigenvalue weighted by atomic mass is 10.0. The molecule has 0 aliphatic heterocycles. The van der Waals surface area contributed by atoms with Gasteiger partial charge in [0.15, 0.2) is 5.69 Å². The van der Waals surface area contributed by atoms with Crippen LogP contribution in [0, 0.1) is 0 Å². The van der Waals surface area contributed by atoms with Gasteiger partial charge in [-0.25, -0.2) is 0 Å². The zero-order valence-electron chi connectivity index (χ0n) is 15.2. The minimum atomic E-state index is -4.45. The van der Waals surface area contributed by atoms with Crippen LogP contribution in [0.1, 0.15) is 35.7 Å². The van der Waals surface area contributed by atoms with E-state index in [0.717, 1.165) is 35.2 Å². The van der Waals surface area contributed by atoms with Crippen LogP contribution in [0.15, 0.2) is 48.5 Å².